The highest BCUT2D eigenvalue weighted by molar-refractivity contribution is 6.00. The SMILES string of the molecule is Cc1ccn(-c2nc(N)c(C(=O)CN3CCN(C)CC3)nc2-c2ccc3nnccc3c2)n1. The van der Waals surface area contributed by atoms with Crippen LogP contribution in [0, 0.1) is 6.92 Å². The highest BCUT2D eigenvalue weighted by atomic mass is 16.1. The van der Waals surface area contributed by atoms with E-state index in [2.05, 4.69) is 37.1 Å². The molecule has 0 saturated carbocycles. The fourth-order valence-corrected chi connectivity index (χ4v) is 3.95. The maximum atomic E-state index is 13.2. The number of nitrogens with two attached hydrogens (primary N) is 1. The molecule has 0 spiro atoms. The molecule has 0 aliphatic carbocycles. The molecule has 5 rings (SSSR count). The lowest BCUT2D eigenvalue weighted by molar-refractivity contribution is 0.0872. The molecule has 0 amide bonds. The number of likely N-dealkylation sites (N-methyl/N-ethyl adjacent to an activating group) is 1. The van der Waals surface area contributed by atoms with E-state index in [1.54, 1.807) is 17.1 Å². The maximum absolute atomic E-state index is 13.2. The molecule has 0 bridgehead atoms. The van der Waals surface area contributed by atoms with Gasteiger partial charge in [0.1, 0.15) is 5.69 Å². The Labute approximate surface area is 191 Å². The molecule has 2 N–H and O–H groups in total. The quantitative estimate of drug-likeness (QED) is 0.459. The molecule has 0 atom stereocenters. The van der Waals surface area contributed by atoms with Crippen molar-refractivity contribution < 1.29 is 4.79 Å². The Hall–Kier alpha value is -3.76. The third kappa shape index (κ3) is 4.30. The fraction of sp³-hybridized carbons (Fsp3) is 0.304. The molecule has 10 nitrogen and oxygen atoms in total. The molecule has 168 valence electrons. The fourth-order valence-electron chi connectivity index (χ4n) is 3.95. The second-order valence-corrected chi connectivity index (χ2v) is 8.34. The van der Waals surface area contributed by atoms with E-state index in [0.29, 0.717) is 11.5 Å². The van der Waals surface area contributed by atoms with Crippen molar-refractivity contribution in [2.75, 3.05) is 45.5 Å². The van der Waals surface area contributed by atoms with Crippen LogP contribution in [0.5, 0.6) is 0 Å². The van der Waals surface area contributed by atoms with E-state index in [-0.39, 0.29) is 23.8 Å². The molecule has 33 heavy (non-hydrogen) atoms. The van der Waals surface area contributed by atoms with Gasteiger partial charge in [0.25, 0.3) is 0 Å². The molecule has 3 aromatic heterocycles. The second-order valence-electron chi connectivity index (χ2n) is 8.34. The Morgan fingerprint density at radius 2 is 1.91 bits per heavy atom. The van der Waals surface area contributed by atoms with E-state index in [4.69, 9.17) is 10.7 Å². The van der Waals surface area contributed by atoms with Gasteiger partial charge in [0.05, 0.1) is 24.0 Å². The summed E-state index contributed by atoms with van der Waals surface area (Å²) in [6, 6.07) is 9.49. The van der Waals surface area contributed by atoms with Gasteiger partial charge in [-0.15, -0.1) is 0 Å². The first-order valence-electron chi connectivity index (χ1n) is 10.8. The number of aromatic nitrogens is 6. The van der Waals surface area contributed by atoms with Gasteiger partial charge in [-0.3, -0.25) is 9.69 Å². The third-order valence-electron chi connectivity index (χ3n) is 5.86. The third-order valence-corrected chi connectivity index (χ3v) is 5.86. The first-order valence-corrected chi connectivity index (χ1v) is 10.8. The number of rotatable bonds is 5. The Balaban J connectivity index is 1.58. The summed E-state index contributed by atoms with van der Waals surface area (Å²) in [7, 11) is 2.08. The van der Waals surface area contributed by atoms with Crippen LogP contribution in [0.25, 0.3) is 28.0 Å². The van der Waals surface area contributed by atoms with Gasteiger partial charge in [-0.2, -0.15) is 15.3 Å². The lowest BCUT2D eigenvalue weighted by Crippen LogP contribution is -2.46. The lowest BCUT2D eigenvalue weighted by Gasteiger charge is -2.31. The first kappa shape index (κ1) is 21.1. The second kappa shape index (κ2) is 8.64. The molecule has 1 saturated heterocycles. The minimum atomic E-state index is -0.138. The summed E-state index contributed by atoms with van der Waals surface area (Å²) < 4.78 is 1.64. The monoisotopic (exact) mass is 443 g/mol. The van der Waals surface area contributed by atoms with E-state index in [0.717, 1.165) is 48.3 Å². The van der Waals surface area contributed by atoms with Crippen molar-refractivity contribution in [2.45, 2.75) is 6.92 Å². The number of nitrogens with zero attached hydrogens (tertiary/aromatic N) is 8. The minimum Gasteiger partial charge on any atom is -0.382 e. The van der Waals surface area contributed by atoms with Gasteiger partial charge in [0.15, 0.2) is 23.1 Å². The van der Waals surface area contributed by atoms with Gasteiger partial charge in [-0.25, -0.2) is 14.6 Å². The Bertz CT molecular complexity index is 1320. The highest BCUT2D eigenvalue weighted by Crippen LogP contribution is 2.28. The molecular formula is C23H25N9O. The van der Waals surface area contributed by atoms with Crippen LogP contribution < -0.4 is 5.73 Å². The largest absolute Gasteiger partial charge is 0.382 e. The standard InChI is InChI=1S/C23H25N9O/c1-15-6-8-32(29-15)23-20(17-3-4-18-16(13-17)5-7-25-28-18)26-21(22(24)27-23)19(33)14-31-11-9-30(2)10-12-31/h3-8,13H,9-12,14H2,1-2H3,(H2,24,27). The molecule has 0 radical (unpaired) electrons. The van der Waals surface area contributed by atoms with Gasteiger partial charge < -0.3 is 10.6 Å². The Kier molecular flexibility index (Phi) is 5.53. The van der Waals surface area contributed by atoms with Crippen LogP contribution in [0.3, 0.4) is 0 Å². The number of piperazine rings is 1. The number of ketones is 1. The highest BCUT2D eigenvalue weighted by Gasteiger charge is 2.23. The lowest BCUT2D eigenvalue weighted by atomic mass is 10.1. The number of carbonyl (C=O) groups is 1. The van der Waals surface area contributed by atoms with E-state index >= 15 is 0 Å². The molecule has 1 fully saturated rings. The number of Topliss-reactive ketones (excluding diaryl/α,β-unsaturated/α-hetero) is 1. The summed E-state index contributed by atoms with van der Waals surface area (Å²) >= 11 is 0. The summed E-state index contributed by atoms with van der Waals surface area (Å²) in [5.74, 6) is 0.437. The molecule has 1 aliphatic rings. The van der Waals surface area contributed by atoms with E-state index in [1.165, 1.54) is 0 Å². The Morgan fingerprint density at radius 3 is 2.67 bits per heavy atom. The number of aryl methyl sites for hydroxylation is 1. The van der Waals surface area contributed by atoms with Crippen molar-refractivity contribution in [1.82, 2.24) is 39.7 Å². The number of carbonyl (C=O) groups excluding carboxylic acids is 1. The number of benzene rings is 1. The van der Waals surface area contributed by atoms with E-state index in [1.807, 2.05) is 37.3 Å². The molecule has 0 unspecified atom stereocenters. The Morgan fingerprint density at radius 1 is 1.09 bits per heavy atom. The van der Waals surface area contributed by atoms with Crippen molar-refractivity contribution in [1.29, 1.82) is 0 Å². The van der Waals surface area contributed by atoms with Crippen LogP contribution in [0.4, 0.5) is 5.82 Å². The van der Waals surface area contributed by atoms with Crippen molar-refractivity contribution in [2.24, 2.45) is 0 Å². The molecular weight excluding hydrogens is 418 g/mol. The smallest absolute Gasteiger partial charge is 0.198 e. The number of nitrogen functional groups attached to an aromatic ring is 1. The van der Waals surface area contributed by atoms with Crippen molar-refractivity contribution in [3.8, 4) is 17.1 Å². The summed E-state index contributed by atoms with van der Waals surface area (Å²) in [4.78, 5) is 26.9. The number of hydrogen-bond acceptors (Lipinski definition) is 9. The average molecular weight is 444 g/mol. The summed E-state index contributed by atoms with van der Waals surface area (Å²) in [5.41, 5.74) is 9.37. The van der Waals surface area contributed by atoms with Gasteiger partial charge in [0, 0.05) is 43.3 Å². The van der Waals surface area contributed by atoms with Crippen LogP contribution in [0.1, 0.15) is 16.2 Å². The van der Waals surface area contributed by atoms with Crippen LogP contribution in [-0.4, -0.2) is 85.3 Å². The topological polar surface area (TPSA) is 119 Å². The zero-order valence-corrected chi connectivity index (χ0v) is 18.6. The van der Waals surface area contributed by atoms with Crippen LogP contribution >= 0.6 is 0 Å². The van der Waals surface area contributed by atoms with Crippen molar-refractivity contribution >= 4 is 22.5 Å². The maximum Gasteiger partial charge on any atom is 0.198 e. The van der Waals surface area contributed by atoms with Gasteiger partial charge >= 0.3 is 0 Å². The van der Waals surface area contributed by atoms with Gasteiger partial charge in [-0.05, 0) is 38.2 Å². The molecule has 4 heterocycles. The van der Waals surface area contributed by atoms with Crippen LogP contribution in [0.2, 0.25) is 0 Å². The van der Waals surface area contributed by atoms with E-state index in [9.17, 15) is 4.79 Å². The van der Waals surface area contributed by atoms with Crippen LogP contribution in [-0.2, 0) is 0 Å². The zero-order valence-electron chi connectivity index (χ0n) is 18.6. The molecule has 4 aromatic rings. The van der Waals surface area contributed by atoms with E-state index < -0.39 is 0 Å². The van der Waals surface area contributed by atoms with Crippen molar-refractivity contribution in [3.05, 3.63) is 54.1 Å². The zero-order chi connectivity index (χ0) is 22.9. The molecule has 10 heteroatoms. The number of hydrogen-bond donors (Lipinski definition) is 1. The minimum absolute atomic E-state index is 0.104. The normalized spacial score (nSPS) is 15.2. The van der Waals surface area contributed by atoms with Gasteiger partial charge in [-0.1, -0.05) is 6.07 Å². The predicted octanol–water partition coefficient (Wildman–Crippen LogP) is 1.59. The molecule has 1 aromatic carbocycles. The van der Waals surface area contributed by atoms with Crippen LogP contribution in [0.15, 0.2) is 42.7 Å². The summed E-state index contributed by atoms with van der Waals surface area (Å²) in [5, 5.41) is 13.5. The average Bonchev–Trinajstić information content (AvgIpc) is 3.26. The summed E-state index contributed by atoms with van der Waals surface area (Å²) in [6.45, 7) is 5.68. The summed E-state index contributed by atoms with van der Waals surface area (Å²) in [6.07, 6.45) is 3.45. The number of anilines is 1. The first-order chi connectivity index (χ1) is 16.0. The van der Waals surface area contributed by atoms with Gasteiger partial charge in [0.2, 0.25) is 0 Å². The number of fused-ring (bicyclic) bond motifs is 1. The molecule has 1 aliphatic heterocycles. The van der Waals surface area contributed by atoms with Crippen molar-refractivity contribution in [3.63, 3.8) is 0 Å². The predicted molar refractivity (Wildman–Crippen MR) is 125 cm³/mol.